The molecule has 92 valence electrons. The highest BCUT2D eigenvalue weighted by Crippen LogP contribution is 2.32. The van der Waals surface area contributed by atoms with Crippen molar-refractivity contribution in [3.63, 3.8) is 0 Å². The molecule has 1 heterocycles. The van der Waals surface area contributed by atoms with Crippen LogP contribution in [0.25, 0.3) is 0 Å². The Hall–Kier alpha value is -0.510. The zero-order valence-corrected chi connectivity index (χ0v) is 11.3. The van der Waals surface area contributed by atoms with Gasteiger partial charge in [0.25, 0.3) is 0 Å². The molecule has 0 bridgehead atoms. The maximum Gasteiger partial charge on any atom is 0.161 e. The molecule has 0 amide bonds. The van der Waals surface area contributed by atoms with Crippen molar-refractivity contribution in [3.8, 4) is 0 Å². The summed E-state index contributed by atoms with van der Waals surface area (Å²) in [6.07, 6.45) is 2.16. The predicted molar refractivity (Wildman–Crippen MR) is 71.2 cm³/mol. The van der Waals surface area contributed by atoms with Gasteiger partial charge in [-0.05, 0) is 38.0 Å². The van der Waals surface area contributed by atoms with Crippen molar-refractivity contribution in [3.05, 3.63) is 28.8 Å². The molecule has 1 aliphatic rings. The number of ketones is 1. The molecule has 0 aliphatic carbocycles. The van der Waals surface area contributed by atoms with E-state index in [0.29, 0.717) is 15.8 Å². The number of hydrogen-bond donors (Lipinski definition) is 0. The van der Waals surface area contributed by atoms with Crippen LogP contribution >= 0.6 is 23.4 Å². The van der Waals surface area contributed by atoms with Crippen LogP contribution in [-0.4, -0.2) is 24.2 Å². The summed E-state index contributed by atoms with van der Waals surface area (Å²) in [6, 6.07) is 5.67. The van der Waals surface area contributed by atoms with Gasteiger partial charge >= 0.3 is 0 Å². The Labute approximate surface area is 111 Å². The molecule has 17 heavy (non-hydrogen) atoms. The lowest BCUT2D eigenvalue weighted by Gasteiger charge is -2.21. The van der Waals surface area contributed by atoms with E-state index in [1.807, 2.05) is 30.0 Å². The molecule has 4 heteroatoms. The Balaban J connectivity index is 2.06. The second-order valence-corrected chi connectivity index (χ2v) is 5.91. The summed E-state index contributed by atoms with van der Waals surface area (Å²) in [4.78, 5) is 12.4. The largest absolute Gasteiger partial charge is 0.381 e. The maximum atomic E-state index is 11.3. The van der Waals surface area contributed by atoms with Gasteiger partial charge in [0.05, 0.1) is 5.02 Å². The predicted octanol–water partition coefficient (Wildman–Crippen LogP) is 3.81. The lowest BCUT2D eigenvalue weighted by atomic mass is 10.1. The van der Waals surface area contributed by atoms with E-state index in [-0.39, 0.29) is 5.78 Å². The molecule has 0 radical (unpaired) electrons. The minimum Gasteiger partial charge on any atom is -0.381 e. The number of hydrogen-bond acceptors (Lipinski definition) is 3. The van der Waals surface area contributed by atoms with Crippen LogP contribution in [0.4, 0.5) is 0 Å². The molecule has 2 rings (SSSR count). The Morgan fingerprint density at radius 3 is 2.71 bits per heavy atom. The van der Waals surface area contributed by atoms with Crippen molar-refractivity contribution >= 4 is 29.1 Å². The van der Waals surface area contributed by atoms with Gasteiger partial charge in [-0.2, -0.15) is 0 Å². The third kappa shape index (κ3) is 3.47. The van der Waals surface area contributed by atoms with Crippen LogP contribution in [0.5, 0.6) is 0 Å². The van der Waals surface area contributed by atoms with Gasteiger partial charge in [-0.15, -0.1) is 11.8 Å². The van der Waals surface area contributed by atoms with E-state index < -0.39 is 0 Å². The van der Waals surface area contributed by atoms with E-state index in [0.717, 1.165) is 31.0 Å². The van der Waals surface area contributed by atoms with Gasteiger partial charge in [0, 0.05) is 28.9 Å². The fourth-order valence-electron chi connectivity index (χ4n) is 1.84. The van der Waals surface area contributed by atoms with Crippen molar-refractivity contribution in [2.24, 2.45) is 0 Å². The van der Waals surface area contributed by atoms with Gasteiger partial charge in [-0.1, -0.05) is 11.6 Å². The SMILES string of the molecule is CC(=O)c1ccc(SC2CCOCC2)cc1Cl. The Morgan fingerprint density at radius 2 is 2.12 bits per heavy atom. The topological polar surface area (TPSA) is 26.3 Å². The minimum atomic E-state index is 0.0117. The third-order valence-corrected chi connectivity index (χ3v) is 4.43. The number of thioether (sulfide) groups is 1. The average molecular weight is 271 g/mol. The smallest absolute Gasteiger partial charge is 0.161 e. The molecule has 1 fully saturated rings. The summed E-state index contributed by atoms with van der Waals surface area (Å²) in [5.41, 5.74) is 0.600. The molecule has 0 saturated carbocycles. The monoisotopic (exact) mass is 270 g/mol. The molecule has 0 unspecified atom stereocenters. The first-order chi connectivity index (χ1) is 8.16. The van der Waals surface area contributed by atoms with E-state index in [4.69, 9.17) is 16.3 Å². The number of benzene rings is 1. The molecule has 1 aromatic rings. The molecule has 0 N–H and O–H groups in total. The van der Waals surface area contributed by atoms with Crippen LogP contribution in [0.15, 0.2) is 23.1 Å². The highest BCUT2D eigenvalue weighted by molar-refractivity contribution is 8.00. The van der Waals surface area contributed by atoms with Gasteiger partial charge in [0.15, 0.2) is 5.78 Å². The van der Waals surface area contributed by atoms with Gasteiger partial charge < -0.3 is 4.74 Å². The number of carbonyl (C=O) groups excluding carboxylic acids is 1. The van der Waals surface area contributed by atoms with Crippen molar-refractivity contribution in [1.29, 1.82) is 0 Å². The van der Waals surface area contributed by atoms with Crippen LogP contribution in [0.2, 0.25) is 5.02 Å². The van der Waals surface area contributed by atoms with Crippen molar-refractivity contribution in [1.82, 2.24) is 0 Å². The Kier molecular flexibility index (Phi) is 4.48. The van der Waals surface area contributed by atoms with Gasteiger partial charge in [-0.25, -0.2) is 0 Å². The van der Waals surface area contributed by atoms with Crippen LogP contribution in [0.1, 0.15) is 30.1 Å². The third-order valence-electron chi connectivity index (χ3n) is 2.79. The lowest BCUT2D eigenvalue weighted by Crippen LogP contribution is -2.17. The second-order valence-electron chi connectivity index (χ2n) is 4.13. The van der Waals surface area contributed by atoms with E-state index in [1.165, 1.54) is 6.92 Å². The number of carbonyl (C=O) groups is 1. The fraction of sp³-hybridized carbons (Fsp3) is 0.462. The zero-order chi connectivity index (χ0) is 12.3. The summed E-state index contributed by atoms with van der Waals surface area (Å²) in [6.45, 7) is 3.22. The fourth-order valence-corrected chi connectivity index (χ4v) is 3.36. The van der Waals surface area contributed by atoms with E-state index in [9.17, 15) is 4.79 Å². The maximum absolute atomic E-state index is 11.3. The number of ether oxygens (including phenoxy) is 1. The summed E-state index contributed by atoms with van der Waals surface area (Å²) in [5, 5.41) is 1.15. The molecule has 2 nitrogen and oxygen atoms in total. The molecule has 0 spiro atoms. The highest BCUT2D eigenvalue weighted by Gasteiger charge is 2.15. The summed E-state index contributed by atoms with van der Waals surface area (Å²) < 4.78 is 5.33. The zero-order valence-electron chi connectivity index (χ0n) is 9.74. The van der Waals surface area contributed by atoms with Gasteiger partial charge in [-0.3, -0.25) is 4.79 Å². The first-order valence-electron chi connectivity index (χ1n) is 5.71. The highest BCUT2D eigenvalue weighted by atomic mass is 35.5. The average Bonchev–Trinajstić information content (AvgIpc) is 2.30. The molecule has 1 aromatic carbocycles. The molecule has 1 saturated heterocycles. The van der Waals surface area contributed by atoms with Crippen molar-refractivity contribution in [2.45, 2.75) is 29.9 Å². The minimum absolute atomic E-state index is 0.0117. The van der Waals surface area contributed by atoms with Crippen molar-refractivity contribution < 1.29 is 9.53 Å². The standard InChI is InChI=1S/C13H15ClO2S/c1-9(15)12-3-2-11(8-13(12)14)17-10-4-6-16-7-5-10/h2-3,8,10H,4-7H2,1H3. The molecule has 1 aliphatic heterocycles. The van der Waals surface area contributed by atoms with Crippen LogP contribution in [-0.2, 0) is 4.74 Å². The van der Waals surface area contributed by atoms with Crippen LogP contribution in [0.3, 0.4) is 0 Å². The molecular weight excluding hydrogens is 256 g/mol. The Bertz CT molecular complexity index is 414. The quantitative estimate of drug-likeness (QED) is 0.781. The first-order valence-corrected chi connectivity index (χ1v) is 6.97. The van der Waals surface area contributed by atoms with E-state index in [1.54, 1.807) is 0 Å². The van der Waals surface area contributed by atoms with Crippen LogP contribution < -0.4 is 0 Å². The second kappa shape index (κ2) is 5.89. The Morgan fingerprint density at radius 1 is 1.41 bits per heavy atom. The van der Waals surface area contributed by atoms with Gasteiger partial charge in [0.1, 0.15) is 0 Å². The number of rotatable bonds is 3. The van der Waals surface area contributed by atoms with Gasteiger partial charge in [0.2, 0.25) is 0 Å². The van der Waals surface area contributed by atoms with Crippen LogP contribution in [0, 0.1) is 0 Å². The number of Topliss-reactive ketones (excluding diaryl/α,β-unsaturated/α-hetero) is 1. The summed E-state index contributed by atoms with van der Waals surface area (Å²) in [7, 11) is 0. The molecular formula is C13H15ClO2S. The lowest BCUT2D eigenvalue weighted by molar-refractivity contribution is 0.1000. The number of halogens is 1. The molecule has 0 aromatic heterocycles. The summed E-state index contributed by atoms with van der Waals surface area (Å²) >= 11 is 7.91. The van der Waals surface area contributed by atoms with Crippen molar-refractivity contribution in [2.75, 3.05) is 13.2 Å². The van der Waals surface area contributed by atoms with E-state index >= 15 is 0 Å². The normalized spacial score (nSPS) is 17.1. The van der Waals surface area contributed by atoms with E-state index in [2.05, 4.69) is 0 Å². The summed E-state index contributed by atoms with van der Waals surface area (Å²) in [5.74, 6) is 0.0117. The molecule has 0 atom stereocenters. The first kappa shape index (κ1) is 12.9.